The van der Waals surface area contributed by atoms with E-state index in [4.69, 9.17) is 0 Å². The van der Waals surface area contributed by atoms with Crippen LogP contribution in [0.15, 0.2) is 0 Å². The van der Waals surface area contributed by atoms with Crippen LogP contribution in [-0.4, -0.2) is 48.6 Å². The molecule has 3 heteroatoms. The van der Waals surface area contributed by atoms with E-state index in [9.17, 15) is 0 Å². The third-order valence-corrected chi connectivity index (χ3v) is 4.06. The topological polar surface area (TPSA) is 15.3 Å². The molecule has 0 aromatic heterocycles. The van der Waals surface area contributed by atoms with Gasteiger partial charge in [-0.2, -0.15) is 11.8 Å². The lowest BCUT2D eigenvalue weighted by Crippen LogP contribution is -2.39. The molecule has 0 aromatic rings. The van der Waals surface area contributed by atoms with E-state index in [0.29, 0.717) is 0 Å². The molecule has 1 N–H and O–H groups in total. The number of thioether (sulfide) groups is 1. The van der Waals surface area contributed by atoms with Gasteiger partial charge in [-0.05, 0) is 77.6 Å². The average Bonchev–Trinajstić information content (AvgIpc) is 2.69. The molecule has 102 valence electrons. The van der Waals surface area contributed by atoms with Crippen molar-refractivity contribution in [2.24, 2.45) is 5.92 Å². The van der Waals surface area contributed by atoms with Crippen LogP contribution in [0.2, 0.25) is 0 Å². The van der Waals surface area contributed by atoms with Crippen molar-refractivity contribution in [1.82, 2.24) is 10.2 Å². The Morgan fingerprint density at radius 2 is 2.06 bits per heavy atom. The van der Waals surface area contributed by atoms with Gasteiger partial charge in [0.05, 0.1) is 0 Å². The first kappa shape index (κ1) is 15.3. The molecule has 0 bridgehead atoms. The van der Waals surface area contributed by atoms with Gasteiger partial charge in [0.1, 0.15) is 0 Å². The zero-order chi connectivity index (χ0) is 12.7. The van der Waals surface area contributed by atoms with Gasteiger partial charge < -0.3 is 10.2 Å². The fraction of sp³-hybridized carbons (Fsp3) is 1.00. The second kappa shape index (κ2) is 7.65. The Morgan fingerprint density at radius 3 is 2.71 bits per heavy atom. The molecule has 1 aliphatic heterocycles. The summed E-state index contributed by atoms with van der Waals surface area (Å²) < 4.78 is 0. The molecule has 2 nitrogen and oxygen atoms in total. The molecule has 1 aliphatic rings. The molecule has 0 spiro atoms. The van der Waals surface area contributed by atoms with Crippen LogP contribution in [0.5, 0.6) is 0 Å². The van der Waals surface area contributed by atoms with Gasteiger partial charge in [-0.25, -0.2) is 0 Å². The molecular formula is C14H30N2S. The minimum Gasteiger partial charge on any atom is -0.312 e. The predicted octanol–water partition coefficient (Wildman–Crippen LogP) is 2.84. The molecule has 1 atom stereocenters. The number of hydrogen-bond donors (Lipinski definition) is 1. The van der Waals surface area contributed by atoms with Crippen LogP contribution >= 0.6 is 11.8 Å². The van der Waals surface area contributed by atoms with E-state index in [1.165, 1.54) is 51.2 Å². The lowest BCUT2D eigenvalue weighted by atomic mass is 10.1. The van der Waals surface area contributed by atoms with E-state index in [-0.39, 0.29) is 5.54 Å². The van der Waals surface area contributed by atoms with Crippen LogP contribution in [0.3, 0.4) is 0 Å². The highest BCUT2D eigenvalue weighted by Gasteiger charge is 2.23. The Morgan fingerprint density at radius 1 is 1.29 bits per heavy atom. The van der Waals surface area contributed by atoms with Crippen LogP contribution in [0.1, 0.15) is 40.0 Å². The predicted molar refractivity (Wildman–Crippen MR) is 79.9 cm³/mol. The van der Waals surface area contributed by atoms with Gasteiger partial charge in [0.15, 0.2) is 0 Å². The Balaban J connectivity index is 2.06. The first-order valence-electron chi connectivity index (χ1n) is 6.97. The summed E-state index contributed by atoms with van der Waals surface area (Å²) >= 11 is 1.97. The summed E-state index contributed by atoms with van der Waals surface area (Å²) in [5.41, 5.74) is 0.270. The third kappa shape index (κ3) is 7.32. The molecule has 0 saturated carbocycles. The molecule has 1 unspecified atom stereocenters. The lowest BCUT2D eigenvalue weighted by molar-refractivity contribution is 0.307. The first-order chi connectivity index (χ1) is 8.01. The summed E-state index contributed by atoms with van der Waals surface area (Å²) in [5, 5.41) is 3.63. The SMILES string of the molecule is CSCCCCN1CCC(CNC(C)(C)C)C1. The first-order valence-corrected chi connectivity index (χ1v) is 8.37. The zero-order valence-electron chi connectivity index (χ0n) is 12.1. The van der Waals surface area contributed by atoms with E-state index in [1.807, 2.05) is 11.8 Å². The molecule has 0 radical (unpaired) electrons. The quantitative estimate of drug-likeness (QED) is 0.707. The fourth-order valence-corrected chi connectivity index (χ4v) is 2.81. The molecular weight excluding hydrogens is 228 g/mol. The van der Waals surface area contributed by atoms with E-state index in [0.717, 1.165) is 5.92 Å². The van der Waals surface area contributed by atoms with E-state index in [2.05, 4.69) is 37.2 Å². The molecule has 0 aliphatic carbocycles. The van der Waals surface area contributed by atoms with Gasteiger partial charge in [-0.15, -0.1) is 0 Å². The molecule has 1 rings (SSSR count). The van der Waals surface area contributed by atoms with E-state index < -0.39 is 0 Å². The van der Waals surface area contributed by atoms with Gasteiger partial charge >= 0.3 is 0 Å². The van der Waals surface area contributed by atoms with Crippen molar-refractivity contribution in [2.75, 3.05) is 38.2 Å². The van der Waals surface area contributed by atoms with Gasteiger partial charge in [-0.1, -0.05) is 0 Å². The number of rotatable bonds is 7. The van der Waals surface area contributed by atoms with Crippen molar-refractivity contribution >= 4 is 11.8 Å². The number of likely N-dealkylation sites (tertiary alicyclic amines) is 1. The van der Waals surface area contributed by atoms with Crippen molar-refractivity contribution in [3.63, 3.8) is 0 Å². The second-order valence-electron chi connectivity index (χ2n) is 6.29. The van der Waals surface area contributed by atoms with Crippen molar-refractivity contribution in [2.45, 2.75) is 45.6 Å². The van der Waals surface area contributed by atoms with Gasteiger partial charge in [0.2, 0.25) is 0 Å². The maximum Gasteiger partial charge on any atom is 0.00966 e. The summed E-state index contributed by atoms with van der Waals surface area (Å²) in [4.78, 5) is 2.65. The smallest absolute Gasteiger partial charge is 0.00966 e. The van der Waals surface area contributed by atoms with Gasteiger partial charge in [0, 0.05) is 12.1 Å². The fourth-order valence-electron chi connectivity index (χ4n) is 2.31. The summed E-state index contributed by atoms with van der Waals surface area (Å²) in [6.45, 7) is 11.9. The lowest BCUT2D eigenvalue weighted by Gasteiger charge is -2.23. The van der Waals surface area contributed by atoms with Crippen LogP contribution in [0, 0.1) is 5.92 Å². The van der Waals surface area contributed by atoms with Crippen molar-refractivity contribution in [3.8, 4) is 0 Å². The Bertz CT molecular complexity index is 201. The number of hydrogen-bond acceptors (Lipinski definition) is 3. The minimum atomic E-state index is 0.270. The summed E-state index contributed by atoms with van der Waals surface area (Å²) in [6.07, 6.45) is 6.33. The Kier molecular flexibility index (Phi) is 6.90. The molecule has 17 heavy (non-hydrogen) atoms. The van der Waals surface area contributed by atoms with Gasteiger partial charge in [0.25, 0.3) is 0 Å². The van der Waals surface area contributed by atoms with Crippen LogP contribution in [0.4, 0.5) is 0 Å². The molecule has 1 fully saturated rings. The van der Waals surface area contributed by atoms with E-state index >= 15 is 0 Å². The van der Waals surface area contributed by atoms with E-state index in [1.54, 1.807) is 0 Å². The zero-order valence-corrected chi connectivity index (χ0v) is 12.9. The number of unbranched alkanes of at least 4 members (excludes halogenated alkanes) is 1. The van der Waals surface area contributed by atoms with Crippen molar-refractivity contribution in [1.29, 1.82) is 0 Å². The largest absolute Gasteiger partial charge is 0.312 e. The maximum atomic E-state index is 3.63. The molecule has 1 heterocycles. The van der Waals surface area contributed by atoms with Crippen molar-refractivity contribution < 1.29 is 0 Å². The second-order valence-corrected chi connectivity index (χ2v) is 7.27. The monoisotopic (exact) mass is 258 g/mol. The number of nitrogens with one attached hydrogen (secondary N) is 1. The van der Waals surface area contributed by atoms with Gasteiger partial charge in [-0.3, -0.25) is 0 Å². The summed E-state index contributed by atoms with van der Waals surface area (Å²) in [5.74, 6) is 2.19. The van der Waals surface area contributed by atoms with Crippen molar-refractivity contribution in [3.05, 3.63) is 0 Å². The third-order valence-electron chi connectivity index (χ3n) is 3.36. The molecule has 1 saturated heterocycles. The minimum absolute atomic E-state index is 0.270. The highest BCUT2D eigenvalue weighted by molar-refractivity contribution is 7.98. The highest BCUT2D eigenvalue weighted by atomic mass is 32.2. The van der Waals surface area contributed by atoms with Crippen LogP contribution in [-0.2, 0) is 0 Å². The standard InChI is InChI=1S/C14H30N2S/c1-14(2,3)15-11-13-7-9-16(12-13)8-5-6-10-17-4/h13,15H,5-12H2,1-4H3. The van der Waals surface area contributed by atoms with Crippen LogP contribution in [0.25, 0.3) is 0 Å². The number of nitrogens with zero attached hydrogens (tertiary/aromatic N) is 1. The highest BCUT2D eigenvalue weighted by Crippen LogP contribution is 2.17. The van der Waals surface area contributed by atoms with Crippen LogP contribution < -0.4 is 5.32 Å². The molecule has 0 aromatic carbocycles. The summed E-state index contributed by atoms with van der Waals surface area (Å²) in [6, 6.07) is 0. The normalized spacial score (nSPS) is 22.2. The summed E-state index contributed by atoms with van der Waals surface area (Å²) in [7, 11) is 0. The maximum absolute atomic E-state index is 3.63. The average molecular weight is 258 g/mol. The Hall–Kier alpha value is 0.270. The molecule has 0 amide bonds. The Labute approximate surface area is 112 Å².